The summed E-state index contributed by atoms with van der Waals surface area (Å²) in [5.41, 5.74) is 0.879. The first kappa shape index (κ1) is 25.4. The second kappa shape index (κ2) is 10.8. The number of pyridine rings is 1. The number of aromatic hydroxyl groups is 1. The molecule has 3 fully saturated rings. The Bertz CT molecular complexity index is 1530. The Morgan fingerprint density at radius 2 is 1.82 bits per heavy atom. The van der Waals surface area contributed by atoms with Crippen molar-refractivity contribution in [3.8, 4) is 23.0 Å². The van der Waals surface area contributed by atoms with Crippen LogP contribution in [0.1, 0.15) is 25.7 Å². The molecule has 4 heterocycles. The largest absolute Gasteiger partial charge is 0.508 e. The minimum absolute atomic E-state index is 0.0615. The Balaban J connectivity index is 1.26. The van der Waals surface area contributed by atoms with Gasteiger partial charge < -0.3 is 19.5 Å². The number of aromatic nitrogens is 3. The number of nitrogens with zero attached hydrogens (tertiary/aromatic N) is 5. The van der Waals surface area contributed by atoms with Gasteiger partial charge in [-0.05, 0) is 60.4 Å². The quantitative estimate of drug-likeness (QED) is 0.325. The van der Waals surface area contributed by atoms with Crippen molar-refractivity contribution in [3.05, 3.63) is 48.4 Å². The number of phenolic OH excluding ortho intramolecular Hbond substituents is 1. The summed E-state index contributed by atoms with van der Waals surface area (Å²) in [6, 6.07) is 11.0. The van der Waals surface area contributed by atoms with E-state index in [0.29, 0.717) is 35.2 Å². The summed E-state index contributed by atoms with van der Waals surface area (Å²) in [6.07, 6.45) is 6.23. The van der Waals surface area contributed by atoms with Crippen molar-refractivity contribution in [3.63, 3.8) is 0 Å². The molecule has 2 aromatic carbocycles. The van der Waals surface area contributed by atoms with Crippen LogP contribution in [0.15, 0.2) is 42.6 Å². The zero-order valence-electron chi connectivity index (χ0n) is 22.6. The average molecular weight is 544 g/mol. The number of fused-ring (bicyclic) bond motifs is 4. The molecule has 2 atom stereocenters. The standard InChI is InChI=1S/C31H34FN5O3/c32-27-28(25-16-23(38)15-22-4-1-2-5-24(22)25)33-17-26-29(27)34-31(40-11-3-8-36-9-12-39-13-10-36)35-30(26)37-18-20-6-7-21(14-20)19-37/h1-2,4-5,15-17,20-21,38H,3,6-14,18-19H2. The molecule has 2 bridgehead atoms. The summed E-state index contributed by atoms with van der Waals surface area (Å²) < 4.78 is 27.9. The van der Waals surface area contributed by atoms with E-state index in [1.54, 1.807) is 18.3 Å². The summed E-state index contributed by atoms with van der Waals surface area (Å²) in [5, 5.41) is 12.6. The van der Waals surface area contributed by atoms with Crippen molar-refractivity contribution < 1.29 is 19.0 Å². The smallest absolute Gasteiger partial charge is 0.319 e. The topological polar surface area (TPSA) is 83.8 Å². The first-order valence-electron chi connectivity index (χ1n) is 14.4. The Morgan fingerprint density at radius 3 is 2.65 bits per heavy atom. The number of ether oxygens (including phenoxy) is 2. The summed E-state index contributed by atoms with van der Waals surface area (Å²) in [6.45, 7) is 6.55. The molecule has 208 valence electrons. The van der Waals surface area contributed by atoms with Gasteiger partial charge in [0, 0.05) is 44.5 Å². The van der Waals surface area contributed by atoms with E-state index in [4.69, 9.17) is 14.5 Å². The summed E-state index contributed by atoms with van der Waals surface area (Å²) >= 11 is 0. The third-order valence-corrected chi connectivity index (χ3v) is 8.61. The first-order valence-corrected chi connectivity index (χ1v) is 14.4. The molecule has 8 nitrogen and oxygen atoms in total. The van der Waals surface area contributed by atoms with Gasteiger partial charge in [0.15, 0.2) is 5.82 Å². The molecule has 40 heavy (non-hydrogen) atoms. The number of anilines is 1. The maximum absolute atomic E-state index is 16.4. The molecule has 4 aromatic rings. The third kappa shape index (κ3) is 4.92. The highest BCUT2D eigenvalue weighted by atomic mass is 19.1. The molecule has 7 rings (SSSR count). The normalized spacial score (nSPS) is 21.4. The predicted molar refractivity (Wildman–Crippen MR) is 152 cm³/mol. The lowest BCUT2D eigenvalue weighted by Crippen LogP contribution is -2.37. The minimum atomic E-state index is -0.532. The molecule has 0 radical (unpaired) electrons. The van der Waals surface area contributed by atoms with Crippen molar-refractivity contribution in [1.82, 2.24) is 19.9 Å². The van der Waals surface area contributed by atoms with Crippen LogP contribution >= 0.6 is 0 Å². The van der Waals surface area contributed by atoms with Crippen molar-refractivity contribution in [2.45, 2.75) is 25.7 Å². The molecule has 2 aliphatic heterocycles. The van der Waals surface area contributed by atoms with Gasteiger partial charge in [-0.3, -0.25) is 9.88 Å². The van der Waals surface area contributed by atoms with Crippen molar-refractivity contribution in [1.29, 1.82) is 0 Å². The first-order chi connectivity index (χ1) is 19.6. The maximum Gasteiger partial charge on any atom is 0.319 e. The van der Waals surface area contributed by atoms with Crippen LogP contribution in [0.2, 0.25) is 0 Å². The lowest BCUT2D eigenvalue weighted by molar-refractivity contribution is 0.0356. The monoisotopic (exact) mass is 543 g/mol. The SMILES string of the molecule is Oc1cc(-c2ncc3c(N4CC5CCC(C5)C4)nc(OCCCN4CCOCC4)nc3c2F)c2ccccc2c1. The van der Waals surface area contributed by atoms with Crippen LogP contribution in [-0.4, -0.2) is 77.5 Å². The zero-order chi connectivity index (χ0) is 27.1. The van der Waals surface area contributed by atoms with Gasteiger partial charge in [0.25, 0.3) is 0 Å². The molecule has 0 spiro atoms. The number of morpholine rings is 1. The summed E-state index contributed by atoms with van der Waals surface area (Å²) in [5.74, 6) is 1.50. The highest BCUT2D eigenvalue weighted by Gasteiger charge is 2.34. The molecular weight excluding hydrogens is 509 g/mol. The second-order valence-corrected chi connectivity index (χ2v) is 11.3. The van der Waals surface area contributed by atoms with Crippen LogP contribution in [0.25, 0.3) is 32.9 Å². The van der Waals surface area contributed by atoms with E-state index in [1.165, 1.54) is 19.3 Å². The number of benzene rings is 2. The number of hydrogen-bond donors (Lipinski definition) is 1. The third-order valence-electron chi connectivity index (χ3n) is 8.61. The molecular formula is C31H34FN5O3. The Labute approximate surface area is 232 Å². The fourth-order valence-electron chi connectivity index (χ4n) is 6.66. The molecule has 2 aromatic heterocycles. The van der Waals surface area contributed by atoms with Crippen molar-refractivity contribution in [2.75, 3.05) is 57.4 Å². The number of piperidine rings is 1. The molecule has 3 aliphatic rings. The molecule has 9 heteroatoms. The van der Waals surface area contributed by atoms with Gasteiger partial charge in [0.1, 0.15) is 22.8 Å². The lowest BCUT2D eigenvalue weighted by Gasteiger charge is -2.33. The predicted octanol–water partition coefficient (Wildman–Crippen LogP) is 5.03. The molecule has 1 saturated carbocycles. The molecule has 1 aliphatic carbocycles. The van der Waals surface area contributed by atoms with Gasteiger partial charge in [-0.25, -0.2) is 4.39 Å². The second-order valence-electron chi connectivity index (χ2n) is 11.3. The van der Waals surface area contributed by atoms with Crippen LogP contribution in [0.4, 0.5) is 10.2 Å². The maximum atomic E-state index is 16.4. The van der Waals surface area contributed by atoms with E-state index in [9.17, 15) is 5.11 Å². The van der Waals surface area contributed by atoms with Gasteiger partial charge in [0.05, 0.1) is 25.2 Å². The van der Waals surface area contributed by atoms with E-state index in [-0.39, 0.29) is 23.0 Å². The van der Waals surface area contributed by atoms with E-state index in [0.717, 1.165) is 63.1 Å². The number of rotatable bonds is 7. The van der Waals surface area contributed by atoms with Gasteiger partial charge in [-0.1, -0.05) is 24.3 Å². The van der Waals surface area contributed by atoms with Gasteiger partial charge in [-0.15, -0.1) is 0 Å². The Kier molecular flexibility index (Phi) is 6.85. The van der Waals surface area contributed by atoms with Crippen LogP contribution in [0.5, 0.6) is 11.8 Å². The van der Waals surface area contributed by atoms with Crippen LogP contribution in [-0.2, 0) is 4.74 Å². The summed E-state index contributed by atoms with van der Waals surface area (Å²) in [4.78, 5) is 18.6. The molecule has 0 amide bonds. The summed E-state index contributed by atoms with van der Waals surface area (Å²) in [7, 11) is 0. The number of phenols is 1. The van der Waals surface area contributed by atoms with E-state index in [2.05, 4.69) is 19.8 Å². The highest BCUT2D eigenvalue weighted by Crippen LogP contribution is 2.41. The lowest BCUT2D eigenvalue weighted by atomic mass is 9.98. The Hall–Kier alpha value is -3.56. The molecule has 2 unspecified atom stereocenters. The van der Waals surface area contributed by atoms with Crippen LogP contribution < -0.4 is 9.64 Å². The average Bonchev–Trinajstić information content (AvgIpc) is 3.32. The van der Waals surface area contributed by atoms with E-state index >= 15 is 4.39 Å². The number of hydrogen-bond acceptors (Lipinski definition) is 8. The highest BCUT2D eigenvalue weighted by molar-refractivity contribution is 5.99. The minimum Gasteiger partial charge on any atom is -0.508 e. The van der Waals surface area contributed by atoms with Gasteiger partial charge >= 0.3 is 6.01 Å². The Morgan fingerprint density at radius 1 is 1.02 bits per heavy atom. The van der Waals surface area contributed by atoms with Crippen molar-refractivity contribution in [2.24, 2.45) is 11.8 Å². The van der Waals surface area contributed by atoms with Gasteiger partial charge in [0.2, 0.25) is 0 Å². The number of halogens is 1. The van der Waals surface area contributed by atoms with Gasteiger partial charge in [-0.2, -0.15) is 9.97 Å². The fourth-order valence-corrected chi connectivity index (χ4v) is 6.66. The van der Waals surface area contributed by atoms with Crippen LogP contribution in [0.3, 0.4) is 0 Å². The fraction of sp³-hybridized carbons (Fsp3) is 0.452. The van der Waals surface area contributed by atoms with Crippen LogP contribution in [0, 0.1) is 17.7 Å². The van der Waals surface area contributed by atoms with Crippen molar-refractivity contribution >= 4 is 27.5 Å². The molecule has 2 saturated heterocycles. The van der Waals surface area contributed by atoms with E-state index in [1.807, 2.05) is 24.3 Å². The zero-order valence-corrected chi connectivity index (χ0v) is 22.6. The van der Waals surface area contributed by atoms with E-state index < -0.39 is 5.82 Å². The molecule has 1 N–H and O–H groups in total.